The van der Waals surface area contributed by atoms with Gasteiger partial charge in [-0.2, -0.15) is 13.2 Å². The molecule has 4 heterocycles. The zero-order valence-electron chi connectivity index (χ0n) is 18.1. The van der Waals surface area contributed by atoms with E-state index in [2.05, 4.69) is 10.1 Å². The first-order valence-corrected chi connectivity index (χ1v) is 12.8. The van der Waals surface area contributed by atoms with Crippen LogP contribution in [0.1, 0.15) is 23.2 Å². The molecule has 0 aliphatic carbocycles. The van der Waals surface area contributed by atoms with Crippen molar-refractivity contribution in [3.05, 3.63) is 63.1 Å². The van der Waals surface area contributed by atoms with Crippen molar-refractivity contribution in [2.24, 2.45) is 11.1 Å². The van der Waals surface area contributed by atoms with E-state index in [1.165, 1.54) is 23.2 Å². The molecule has 1 unspecified atom stereocenters. The van der Waals surface area contributed by atoms with E-state index < -0.39 is 56.1 Å². The average molecular weight is 568 g/mol. The lowest BCUT2D eigenvalue weighted by atomic mass is 9.86. The van der Waals surface area contributed by atoms with Crippen LogP contribution >= 0.6 is 23.2 Å². The zero-order chi connectivity index (χ0) is 26.0. The molecule has 0 radical (unpaired) electrons. The van der Waals surface area contributed by atoms with Crippen LogP contribution in [0.25, 0.3) is 0 Å². The summed E-state index contributed by atoms with van der Waals surface area (Å²) in [6.45, 7) is -0.427. The van der Waals surface area contributed by atoms with Crippen molar-refractivity contribution in [1.29, 1.82) is 0 Å². The Morgan fingerprint density at radius 1 is 1.17 bits per heavy atom. The van der Waals surface area contributed by atoms with E-state index in [1.54, 1.807) is 0 Å². The summed E-state index contributed by atoms with van der Waals surface area (Å²) in [5.41, 5.74) is -5.31. The van der Waals surface area contributed by atoms with Crippen LogP contribution in [0.2, 0.25) is 10.0 Å². The van der Waals surface area contributed by atoms with Crippen LogP contribution in [-0.2, 0) is 31.7 Å². The molecule has 1 aromatic heterocycles. The standard InChI is InChI=1S/C22H16Cl2F5N3O3S/c23-14-3-13(4-15(24)18(14)25)21(22(27,28)29)5-16(31-35-21)11-1-2-17(30-6-11)20(26)9-32(10-20)19(33)12-7-36(34)8-12/h1-4,6,12H,5,7-10H2. The highest BCUT2D eigenvalue weighted by Crippen LogP contribution is 2.50. The zero-order valence-corrected chi connectivity index (χ0v) is 20.4. The van der Waals surface area contributed by atoms with Crippen molar-refractivity contribution in [2.75, 3.05) is 24.6 Å². The maximum atomic E-state index is 15.3. The van der Waals surface area contributed by atoms with Crippen LogP contribution in [0.4, 0.5) is 22.0 Å². The highest BCUT2D eigenvalue weighted by Gasteiger charge is 2.62. The predicted octanol–water partition coefficient (Wildman–Crippen LogP) is 4.50. The Bertz CT molecular complexity index is 1270. The molecule has 0 spiro atoms. The number of rotatable bonds is 4. The summed E-state index contributed by atoms with van der Waals surface area (Å²) >= 11 is 11.4. The number of oxime groups is 1. The predicted molar refractivity (Wildman–Crippen MR) is 121 cm³/mol. The molecular formula is C22H16Cl2F5N3O3S. The van der Waals surface area contributed by atoms with Crippen molar-refractivity contribution in [3.8, 4) is 0 Å². The number of hydrogen-bond donors (Lipinski definition) is 0. The Morgan fingerprint density at radius 3 is 2.33 bits per heavy atom. The van der Waals surface area contributed by atoms with E-state index in [9.17, 15) is 26.6 Å². The lowest BCUT2D eigenvalue weighted by Gasteiger charge is -2.46. The molecular weight excluding hydrogens is 552 g/mol. The van der Waals surface area contributed by atoms with Crippen molar-refractivity contribution in [1.82, 2.24) is 9.88 Å². The van der Waals surface area contributed by atoms with E-state index in [1.807, 2.05) is 0 Å². The quantitative estimate of drug-likeness (QED) is 0.403. The van der Waals surface area contributed by atoms with Gasteiger partial charge in [-0.3, -0.25) is 14.0 Å². The number of likely N-dealkylation sites (tertiary alicyclic amines) is 1. The van der Waals surface area contributed by atoms with E-state index in [4.69, 9.17) is 28.0 Å². The van der Waals surface area contributed by atoms with Gasteiger partial charge >= 0.3 is 6.18 Å². The smallest absolute Gasteiger partial charge is 0.374 e. The number of halogens is 7. The number of nitrogens with zero attached hydrogens (tertiary/aromatic N) is 3. The molecule has 192 valence electrons. The molecule has 2 saturated heterocycles. The van der Waals surface area contributed by atoms with Gasteiger partial charge in [0, 0.05) is 39.6 Å². The van der Waals surface area contributed by atoms with Crippen LogP contribution in [0, 0.1) is 11.7 Å². The molecule has 1 amide bonds. The lowest BCUT2D eigenvalue weighted by molar-refractivity contribution is -0.275. The molecule has 3 aliphatic rings. The van der Waals surface area contributed by atoms with Crippen molar-refractivity contribution in [2.45, 2.75) is 23.9 Å². The molecule has 0 saturated carbocycles. The summed E-state index contributed by atoms with van der Waals surface area (Å²) in [5, 5.41) is 2.39. The van der Waals surface area contributed by atoms with Crippen molar-refractivity contribution < 1.29 is 35.8 Å². The third kappa shape index (κ3) is 4.06. The van der Waals surface area contributed by atoms with Gasteiger partial charge in [0.05, 0.1) is 46.9 Å². The second-order valence-corrected chi connectivity index (χ2v) is 11.3. The minimum Gasteiger partial charge on any atom is -0.374 e. The van der Waals surface area contributed by atoms with E-state index in [0.717, 1.165) is 12.1 Å². The maximum Gasteiger partial charge on any atom is 0.435 e. The van der Waals surface area contributed by atoms with Gasteiger partial charge < -0.3 is 9.74 Å². The summed E-state index contributed by atoms with van der Waals surface area (Å²) in [5.74, 6) is -1.10. The fourth-order valence-corrected chi connectivity index (χ4v) is 5.93. The van der Waals surface area contributed by atoms with Gasteiger partial charge in [-0.25, -0.2) is 8.78 Å². The maximum absolute atomic E-state index is 15.3. The molecule has 1 aromatic carbocycles. The summed E-state index contributed by atoms with van der Waals surface area (Å²) < 4.78 is 82.7. The molecule has 5 rings (SSSR count). The van der Waals surface area contributed by atoms with Gasteiger partial charge in [-0.05, 0) is 24.3 Å². The van der Waals surface area contributed by atoms with E-state index in [0.29, 0.717) is 0 Å². The second-order valence-electron chi connectivity index (χ2n) is 8.95. The number of pyridine rings is 1. The molecule has 2 aromatic rings. The van der Waals surface area contributed by atoms with Gasteiger partial charge in [-0.1, -0.05) is 28.4 Å². The topological polar surface area (TPSA) is 71.9 Å². The lowest BCUT2D eigenvalue weighted by Crippen LogP contribution is -2.62. The number of amides is 1. The van der Waals surface area contributed by atoms with Gasteiger partial charge in [0.1, 0.15) is 0 Å². The molecule has 1 atom stereocenters. The van der Waals surface area contributed by atoms with Crippen LogP contribution in [-0.4, -0.2) is 56.5 Å². The first kappa shape index (κ1) is 25.3. The monoisotopic (exact) mass is 567 g/mol. The summed E-state index contributed by atoms with van der Waals surface area (Å²) in [4.78, 5) is 22.5. The first-order chi connectivity index (χ1) is 16.8. The Balaban J connectivity index is 1.32. The van der Waals surface area contributed by atoms with Crippen LogP contribution in [0.15, 0.2) is 35.6 Å². The van der Waals surface area contributed by atoms with Crippen molar-refractivity contribution in [3.63, 3.8) is 0 Å². The summed E-state index contributed by atoms with van der Waals surface area (Å²) in [6, 6.07) is 4.25. The van der Waals surface area contributed by atoms with Crippen LogP contribution in [0.5, 0.6) is 0 Å². The highest BCUT2D eigenvalue weighted by molar-refractivity contribution is 7.86. The molecule has 3 aliphatic heterocycles. The minimum absolute atomic E-state index is 0.0196. The highest BCUT2D eigenvalue weighted by atomic mass is 35.5. The second kappa shape index (κ2) is 8.63. The average Bonchev–Trinajstić information content (AvgIpc) is 3.25. The largest absolute Gasteiger partial charge is 0.435 e. The summed E-state index contributed by atoms with van der Waals surface area (Å²) in [7, 11) is -0.999. The number of carbonyl (C=O) groups excluding carboxylic acids is 1. The molecule has 0 bridgehead atoms. The Hall–Kier alpha value is -2.31. The third-order valence-electron chi connectivity index (χ3n) is 6.51. The molecule has 6 nitrogen and oxygen atoms in total. The number of carbonyl (C=O) groups is 1. The van der Waals surface area contributed by atoms with Crippen LogP contribution in [0.3, 0.4) is 0 Å². The van der Waals surface area contributed by atoms with E-state index in [-0.39, 0.29) is 53.4 Å². The van der Waals surface area contributed by atoms with Crippen molar-refractivity contribution >= 4 is 45.6 Å². The molecule has 2 fully saturated rings. The number of aromatic nitrogens is 1. The Morgan fingerprint density at radius 2 is 1.81 bits per heavy atom. The van der Waals surface area contributed by atoms with Crippen LogP contribution < -0.4 is 0 Å². The van der Waals surface area contributed by atoms with Gasteiger partial charge in [0.25, 0.3) is 5.60 Å². The number of benzene rings is 1. The van der Waals surface area contributed by atoms with Gasteiger partial charge in [0.15, 0.2) is 11.5 Å². The molecule has 14 heteroatoms. The number of alkyl halides is 4. The molecule has 0 N–H and O–H groups in total. The fraction of sp³-hybridized carbons (Fsp3) is 0.409. The SMILES string of the molecule is O=C(C1CS(=O)C1)N1CC(F)(c2ccc(C3=NOC(c4cc(Cl)c(F)c(Cl)c4)(C(F)(F)F)C3)cn2)C1. The Labute approximate surface area is 213 Å². The number of hydrogen-bond acceptors (Lipinski definition) is 5. The third-order valence-corrected chi connectivity index (χ3v) is 8.61. The molecule has 36 heavy (non-hydrogen) atoms. The first-order valence-electron chi connectivity index (χ1n) is 10.6. The Kier molecular flexibility index (Phi) is 6.07. The summed E-state index contributed by atoms with van der Waals surface area (Å²) in [6.07, 6.45) is -4.56. The van der Waals surface area contributed by atoms with E-state index >= 15 is 4.39 Å². The van der Waals surface area contributed by atoms with Gasteiger partial charge in [-0.15, -0.1) is 0 Å². The van der Waals surface area contributed by atoms with Gasteiger partial charge in [0.2, 0.25) is 5.91 Å². The normalized spacial score (nSPS) is 27.1. The fourth-order valence-electron chi connectivity index (χ4n) is 4.35. The minimum atomic E-state index is -4.96.